The van der Waals surface area contributed by atoms with Crippen molar-refractivity contribution in [2.45, 2.75) is 13.0 Å². The number of carbonyl (C=O) groups excluding carboxylic acids is 1. The molecule has 0 aromatic heterocycles. The van der Waals surface area contributed by atoms with Gasteiger partial charge in [-0.2, -0.15) is 0 Å². The number of sulfonamides is 1. The summed E-state index contributed by atoms with van der Waals surface area (Å²) in [6.45, 7) is 1.87. The van der Waals surface area contributed by atoms with Crippen LogP contribution in [-0.2, 0) is 10.0 Å². The number of benzene rings is 2. The van der Waals surface area contributed by atoms with Gasteiger partial charge in [-0.25, -0.2) is 8.42 Å². The minimum absolute atomic E-state index is 0.204. The molecule has 0 aliphatic heterocycles. The number of hydrogen-bond acceptors (Lipinski definition) is 3. The van der Waals surface area contributed by atoms with Gasteiger partial charge in [-0.05, 0) is 48.9 Å². The second kappa shape index (κ2) is 7.64. The Kier molecular flexibility index (Phi) is 5.98. The number of amides is 1. The van der Waals surface area contributed by atoms with Crippen LogP contribution in [-0.4, -0.2) is 32.5 Å². The van der Waals surface area contributed by atoms with Gasteiger partial charge in [-0.3, -0.25) is 9.52 Å². The highest BCUT2D eigenvalue weighted by molar-refractivity contribution is 7.92. The molecular formula is C17H18Cl2N2O3S. The molecule has 8 heteroatoms. The normalized spacial score (nSPS) is 12.5. The van der Waals surface area contributed by atoms with Crippen LogP contribution in [0.15, 0.2) is 42.5 Å². The highest BCUT2D eigenvalue weighted by atomic mass is 35.5. The van der Waals surface area contributed by atoms with Gasteiger partial charge >= 0.3 is 0 Å². The smallest absolute Gasteiger partial charge is 0.254 e. The summed E-state index contributed by atoms with van der Waals surface area (Å²) in [7, 11) is -1.67. The van der Waals surface area contributed by atoms with Crippen molar-refractivity contribution in [1.29, 1.82) is 0 Å². The fourth-order valence-electron chi connectivity index (χ4n) is 2.32. The summed E-state index contributed by atoms with van der Waals surface area (Å²) < 4.78 is 24.8. The van der Waals surface area contributed by atoms with Crippen molar-refractivity contribution in [3.05, 3.63) is 63.6 Å². The van der Waals surface area contributed by atoms with Gasteiger partial charge in [0, 0.05) is 28.3 Å². The molecule has 1 N–H and O–H groups in total. The predicted molar refractivity (Wildman–Crippen MR) is 102 cm³/mol. The van der Waals surface area contributed by atoms with Crippen molar-refractivity contribution < 1.29 is 13.2 Å². The van der Waals surface area contributed by atoms with E-state index in [4.69, 9.17) is 23.2 Å². The van der Waals surface area contributed by atoms with E-state index in [1.54, 1.807) is 54.4 Å². The average Bonchev–Trinajstić information content (AvgIpc) is 2.52. The Hall–Kier alpha value is -1.76. The molecule has 1 atom stereocenters. The SMILES string of the molecule is CC(c1ccc(Cl)cc1Cl)N(C)C(=O)c1ccc(NS(C)(=O)=O)cc1. The number of carbonyl (C=O) groups is 1. The van der Waals surface area contributed by atoms with Crippen LogP contribution in [0.1, 0.15) is 28.9 Å². The Morgan fingerprint density at radius 3 is 2.24 bits per heavy atom. The lowest BCUT2D eigenvalue weighted by molar-refractivity contribution is 0.0743. The van der Waals surface area contributed by atoms with Crippen LogP contribution in [0.3, 0.4) is 0 Å². The van der Waals surface area contributed by atoms with Gasteiger partial charge in [0.15, 0.2) is 0 Å². The van der Waals surface area contributed by atoms with E-state index in [-0.39, 0.29) is 11.9 Å². The number of nitrogens with zero attached hydrogens (tertiary/aromatic N) is 1. The van der Waals surface area contributed by atoms with Gasteiger partial charge in [0.05, 0.1) is 12.3 Å². The molecule has 5 nitrogen and oxygen atoms in total. The third-order valence-electron chi connectivity index (χ3n) is 3.75. The van der Waals surface area contributed by atoms with Gasteiger partial charge in [-0.15, -0.1) is 0 Å². The average molecular weight is 401 g/mol. The first kappa shape index (κ1) is 19.6. The van der Waals surface area contributed by atoms with Gasteiger partial charge in [0.1, 0.15) is 0 Å². The lowest BCUT2D eigenvalue weighted by atomic mass is 10.1. The molecule has 1 amide bonds. The van der Waals surface area contributed by atoms with Gasteiger partial charge in [0.25, 0.3) is 5.91 Å². The van der Waals surface area contributed by atoms with Crippen molar-refractivity contribution in [3.8, 4) is 0 Å². The van der Waals surface area contributed by atoms with Gasteiger partial charge in [-0.1, -0.05) is 29.3 Å². The number of anilines is 1. The van der Waals surface area contributed by atoms with Gasteiger partial charge in [0.2, 0.25) is 10.0 Å². The fraction of sp³-hybridized carbons (Fsp3) is 0.235. The summed E-state index contributed by atoms with van der Waals surface area (Å²) in [6, 6.07) is 11.1. The minimum Gasteiger partial charge on any atom is -0.335 e. The van der Waals surface area contributed by atoms with Crippen LogP contribution in [0.2, 0.25) is 10.0 Å². The van der Waals surface area contributed by atoms with Gasteiger partial charge < -0.3 is 4.90 Å². The lowest BCUT2D eigenvalue weighted by Crippen LogP contribution is -2.29. The molecule has 2 aromatic carbocycles. The van der Waals surface area contributed by atoms with E-state index < -0.39 is 10.0 Å². The zero-order valence-corrected chi connectivity index (χ0v) is 16.3. The second-order valence-corrected chi connectivity index (χ2v) is 8.30. The van der Waals surface area contributed by atoms with E-state index in [0.717, 1.165) is 11.8 Å². The molecule has 0 radical (unpaired) electrons. The molecule has 0 aliphatic rings. The first-order valence-electron chi connectivity index (χ1n) is 7.38. The molecule has 0 fully saturated rings. The van der Waals surface area contributed by atoms with E-state index in [2.05, 4.69) is 4.72 Å². The Bertz CT molecular complexity index is 883. The summed E-state index contributed by atoms with van der Waals surface area (Å²) in [5.74, 6) is -0.204. The van der Waals surface area contributed by atoms with Crippen molar-refractivity contribution in [1.82, 2.24) is 4.90 Å². The standard InChI is InChI=1S/C17H18Cl2N2O3S/c1-11(15-9-6-13(18)10-16(15)19)21(2)17(22)12-4-7-14(8-5-12)20-25(3,23)24/h4-11,20H,1-3H3. The molecule has 1 unspecified atom stereocenters. The summed E-state index contributed by atoms with van der Waals surface area (Å²) >= 11 is 12.1. The molecule has 2 aromatic rings. The Balaban J connectivity index is 2.18. The van der Waals surface area contributed by atoms with Crippen molar-refractivity contribution in [2.75, 3.05) is 18.0 Å². The molecule has 0 spiro atoms. The van der Waals surface area contributed by atoms with Crippen molar-refractivity contribution in [3.63, 3.8) is 0 Å². The minimum atomic E-state index is -3.36. The van der Waals surface area contributed by atoms with Crippen LogP contribution in [0.4, 0.5) is 5.69 Å². The molecule has 0 heterocycles. The Morgan fingerprint density at radius 1 is 1.12 bits per heavy atom. The fourth-order valence-corrected chi connectivity index (χ4v) is 3.45. The molecule has 2 rings (SSSR count). The quantitative estimate of drug-likeness (QED) is 0.817. The summed E-state index contributed by atoms with van der Waals surface area (Å²) in [5, 5.41) is 1.02. The maximum absolute atomic E-state index is 12.7. The maximum Gasteiger partial charge on any atom is 0.254 e. The van der Waals surface area contributed by atoms with Crippen molar-refractivity contribution >= 4 is 44.8 Å². The maximum atomic E-state index is 12.7. The zero-order valence-electron chi connectivity index (χ0n) is 14.0. The highest BCUT2D eigenvalue weighted by Crippen LogP contribution is 2.29. The summed E-state index contributed by atoms with van der Waals surface area (Å²) in [4.78, 5) is 14.2. The van der Waals surface area contributed by atoms with Crippen LogP contribution in [0, 0.1) is 0 Å². The zero-order chi connectivity index (χ0) is 18.8. The van der Waals surface area contributed by atoms with Crippen LogP contribution >= 0.6 is 23.2 Å². The third-order valence-corrected chi connectivity index (χ3v) is 4.92. The topological polar surface area (TPSA) is 66.5 Å². The Morgan fingerprint density at radius 2 is 1.72 bits per heavy atom. The predicted octanol–water partition coefficient (Wildman–Crippen LogP) is 4.20. The molecule has 0 saturated carbocycles. The van der Waals surface area contributed by atoms with Crippen molar-refractivity contribution in [2.24, 2.45) is 0 Å². The second-order valence-electron chi connectivity index (χ2n) is 5.71. The third kappa shape index (κ3) is 5.11. The number of hydrogen-bond donors (Lipinski definition) is 1. The molecule has 134 valence electrons. The van der Waals surface area contributed by atoms with E-state index in [1.807, 2.05) is 6.92 Å². The first-order chi connectivity index (χ1) is 11.6. The van der Waals surface area contributed by atoms with E-state index >= 15 is 0 Å². The van der Waals surface area contributed by atoms with E-state index in [1.165, 1.54) is 0 Å². The molecule has 0 bridgehead atoms. The van der Waals surface area contributed by atoms with E-state index in [9.17, 15) is 13.2 Å². The van der Waals surface area contributed by atoms with Crippen LogP contribution in [0.25, 0.3) is 0 Å². The highest BCUT2D eigenvalue weighted by Gasteiger charge is 2.21. The summed E-state index contributed by atoms with van der Waals surface area (Å²) in [6.07, 6.45) is 1.07. The summed E-state index contributed by atoms with van der Waals surface area (Å²) in [5.41, 5.74) is 1.63. The first-order valence-corrected chi connectivity index (χ1v) is 10.0. The number of nitrogens with one attached hydrogen (secondary N) is 1. The number of rotatable bonds is 5. The van der Waals surface area contributed by atoms with Crippen LogP contribution in [0.5, 0.6) is 0 Å². The largest absolute Gasteiger partial charge is 0.335 e. The lowest BCUT2D eigenvalue weighted by Gasteiger charge is -2.26. The van der Waals surface area contributed by atoms with E-state index in [0.29, 0.717) is 21.3 Å². The molecule has 0 saturated heterocycles. The molecular weight excluding hydrogens is 383 g/mol. The Labute approximate surface area is 157 Å². The monoisotopic (exact) mass is 400 g/mol. The molecule has 0 aliphatic carbocycles. The number of halogens is 2. The van der Waals surface area contributed by atoms with Crippen LogP contribution < -0.4 is 4.72 Å². The molecule has 25 heavy (non-hydrogen) atoms.